The van der Waals surface area contributed by atoms with Gasteiger partial charge in [0.1, 0.15) is 5.75 Å². The molecule has 0 amide bonds. The molecule has 0 aliphatic carbocycles. The van der Waals surface area contributed by atoms with Gasteiger partial charge in [-0.1, -0.05) is 18.2 Å². The van der Waals surface area contributed by atoms with E-state index in [0.29, 0.717) is 6.42 Å². The summed E-state index contributed by atoms with van der Waals surface area (Å²) in [4.78, 5) is 9.96. The fraction of sp³-hybridized carbons (Fsp3) is 0.364. The Morgan fingerprint density at radius 3 is 2.60 bits per heavy atom. The van der Waals surface area contributed by atoms with Gasteiger partial charge in [-0.2, -0.15) is 9.90 Å². The summed E-state index contributed by atoms with van der Waals surface area (Å²) in [6, 6.07) is 9.34. The van der Waals surface area contributed by atoms with E-state index < -0.39 is 6.16 Å². The SMILES string of the molecule is CC(CCOC([O])=O)Oc1ccccc1. The standard InChI is InChI=1S/C11H13O4/c1-9(7-8-14-11(12)13)15-10-5-3-2-4-6-10/h2-6,9H,7-8H2,1H3. The van der Waals surface area contributed by atoms with Crippen LogP contribution >= 0.6 is 0 Å². The van der Waals surface area contributed by atoms with Gasteiger partial charge >= 0.3 is 6.16 Å². The van der Waals surface area contributed by atoms with Gasteiger partial charge in [0.2, 0.25) is 0 Å². The van der Waals surface area contributed by atoms with Crippen LogP contribution in [0.15, 0.2) is 30.3 Å². The molecule has 0 bridgehead atoms. The Labute approximate surface area is 88.4 Å². The molecule has 15 heavy (non-hydrogen) atoms. The van der Waals surface area contributed by atoms with Gasteiger partial charge in [0.05, 0.1) is 12.7 Å². The average molecular weight is 209 g/mol. The topological polar surface area (TPSA) is 55.4 Å². The van der Waals surface area contributed by atoms with Crippen molar-refractivity contribution in [2.45, 2.75) is 19.4 Å². The molecule has 4 nitrogen and oxygen atoms in total. The summed E-state index contributed by atoms with van der Waals surface area (Å²) in [5, 5.41) is 9.96. The Kier molecular flexibility index (Phi) is 4.47. The quantitative estimate of drug-likeness (QED) is 0.699. The summed E-state index contributed by atoms with van der Waals surface area (Å²) in [5.74, 6) is 0.762. The van der Waals surface area contributed by atoms with Crippen molar-refractivity contribution < 1.29 is 19.4 Å². The maximum Gasteiger partial charge on any atom is 0.549 e. The highest BCUT2D eigenvalue weighted by atomic mass is 16.7. The first-order valence-electron chi connectivity index (χ1n) is 4.74. The monoisotopic (exact) mass is 209 g/mol. The number of ether oxygens (including phenoxy) is 2. The molecule has 0 spiro atoms. The van der Waals surface area contributed by atoms with Gasteiger partial charge in [-0.25, -0.2) is 0 Å². The number of carbonyl (C=O) groups excluding carboxylic acids is 1. The minimum absolute atomic E-state index is 0.0910. The summed E-state index contributed by atoms with van der Waals surface area (Å²) in [5.41, 5.74) is 0. The average Bonchev–Trinajstić information content (AvgIpc) is 2.18. The molecular weight excluding hydrogens is 196 g/mol. The summed E-state index contributed by atoms with van der Waals surface area (Å²) in [7, 11) is 0. The molecule has 0 saturated carbocycles. The third kappa shape index (κ3) is 4.90. The molecule has 1 atom stereocenters. The van der Waals surface area contributed by atoms with E-state index >= 15 is 0 Å². The number of hydrogen-bond acceptors (Lipinski definition) is 3. The van der Waals surface area contributed by atoms with E-state index in [1.807, 2.05) is 37.3 Å². The van der Waals surface area contributed by atoms with Crippen molar-refractivity contribution in [2.24, 2.45) is 0 Å². The zero-order valence-corrected chi connectivity index (χ0v) is 8.51. The predicted octanol–water partition coefficient (Wildman–Crippen LogP) is 2.41. The van der Waals surface area contributed by atoms with Gasteiger partial charge in [-0.05, 0) is 19.1 Å². The smallest absolute Gasteiger partial charge is 0.491 e. The molecule has 4 heteroatoms. The van der Waals surface area contributed by atoms with Crippen molar-refractivity contribution in [2.75, 3.05) is 6.61 Å². The van der Waals surface area contributed by atoms with Crippen molar-refractivity contribution in [3.63, 3.8) is 0 Å². The van der Waals surface area contributed by atoms with Crippen LogP contribution in [0.1, 0.15) is 13.3 Å². The first kappa shape index (κ1) is 11.4. The van der Waals surface area contributed by atoms with Gasteiger partial charge in [0, 0.05) is 6.42 Å². The summed E-state index contributed by atoms with van der Waals surface area (Å²) < 4.78 is 9.78. The first-order valence-corrected chi connectivity index (χ1v) is 4.74. The van der Waals surface area contributed by atoms with E-state index in [0.717, 1.165) is 5.75 Å². The lowest BCUT2D eigenvalue weighted by Gasteiger charge is -2.13. The van der Waals surface area contributed by atoms with Gasteiger partial charge in [0.25, 0.3) is 0 Å². The highest BCUT2D eigenvalue weighted by Gasteiger charge is 2.06. The lowest BCUT2D eigenvalue weighted by atomic mass is 10.3. The second-order valence-corrected chi connectivity index (χ2v) is 3.13. The van der Waals surface area contributed by atoms with Crippen LogP contribution in [-0.2, 0) is 9.84 Å². The molecule has 1 aromatic rings. The van der Waals surface area contributed by atoms with Crippen molar-refractivity contribution in [1.29, 1.82) is 0 Å². The van der Waals surface area contributed by atoms with E-state index in [1.165, 1.54) is 0 Å². The fourth-order valence-electron chi connectivity index (χ4n) is 1.10. The Morgan fingerprint density at radius 2 is 2.00 bits per heavy atom. The molecule has 1 aromatic carbocycles. The van der Waals surface area contributed by atoms with Crippen LogP contribution in [0.4, 0.5) is 4.79 Å². The van der Waals surface area contributed by atoms with Crippen LogP contribution in [0, 0.1) is 0 Å². The molecule has 0 aliphatic heterocycles. The molecule has 0 N–H and O–H groups in total. The van der Waals surface area contributed by atoms with Gasteiger partial charge in [-0.15, -0.1) is 0 Å². The molecule has 81 valence electrons. The lowest BCUT2D eigenvalue weighted by molar-refractivity contribution is 0.0578. The zero-order chi connectivity index (χ0) is 11.1. The number of benzene rings is 1. The van der Waals surface area contributed by atoms with Crippen LogP contribution in [0.3, 0.4) is 0 Å². The van der Waals surface area contributed by atoms with Crippen LogP contribution in [-0.4, -0.2) is 18.9 Å². The third-order valence-corrected chi connectivity index (χ3v) is 1.82. The Bertz CT molecular complexity index is 297. The Balaban J connectivity index is 2.24. The van der Waals surface area contributed by atoms with Crippen LogP contribution < -0.4 is 4.74 Å². The second-order valence-electron chi connectivity index (χ2n) is 3.13. The molecule has 1 unspecified atom stereocenters. The minimum atomic E-state index is -1.50. The second kappa shape index (κ2) is 5.90. The highest BCUT2D eigenvalue weighted by Crippen LogP contribution is 2.12. The summed E-state index contributed by atoms with van der Waals surface area (Å²) in [6.07, 6.45) is -1.09. The third-order valence-electron chi connectivity index (χ3n) is 1.82. The van der Waals surface area contributed by atoms with Crippen molar-refractivity contribution in [1.82, 2.24) is 0 Å². The molecule has 1 radical (unpaired) electrons. The highest BCUT2D eigenvalue weighted by molar-refractivity contribution is 5.56. The molecule has 0 fully saturated rings. The normalized spacial score (nSPS) is 11.8. The first-order chi connectivity index (χ1) is 7.18. The van der Waals surface area contributed by atoms with Crippen LogP contribution in [0.2, 0.25) is 0 Å². The molecule has 0 heterocycles. The van der Waals surface area contributed by atoms with Gasteiger partial charge in [0.15, 0.2) is 0 Å². The predicted molar refractivity (Wildman–Crippen MR) is 53.2 cm³/mol. The van der Waals surface area contributed by atoms with Crippen molar-refractivity contribution in [3.05, 3.63) is 30.3 Å². The number of carbonyl (C=O) groups is 1. The summed E-state index contributed by atoms with van der Waals surface area (Å²) >= 11 is 0. The minimum Gasteiger partial charge on any atom is -0.491 e. The maximum absolute atomic E-state index is 9.96. The Hall–Kier alpha value is -1.71. The molecular formula is C11H13O4. The van der Waals surface area contributed by atoms with E-state index in [9.17, 15) is 9.90 Å². The van der Waals surface area contributed by atoms with E-state index in [4.69, 9.17) is 4.74 Å². The van der Waals surface area contributed by atoms with E-state index in [-0.39, 0.29) is 12.7 Å². The van der Waals surface area contributed by atoms with Crippen molar-refractivity contribution in [3.8, 4) is 5.75 Å². The number of rotatable bonds is 5. The van der Waals surface area contributed by atoms with Crippen LogP contribution in [0.5, 0.6) is 5.75 Å². The Morgan fingerprint density at radius 1 is 1.33 bits per heavy atom. The number of hydrogen-bond donors (Lipinski definition) is 0. The van der Waals surface area contributed by atoms with Gasteiger partial charge in [-0.3, -0.25) is 0 Å². The zero-order valence-electron chi connectivity index (χ0n) is 8.51. The van der Waals surface area contributed by atoms with E-state index in [1.54, 1.807) is 0 Å². The lowest BCUT2D eigenvalue weighted by Crippen LogP contribution is -2.15. The molecule has 0 aromatic heterocycles. The van der Waals surface area contributed by atoms with Crippen LogP contribution in [0.25, 0.3) is 0 Å². The largest absolute Gasteiger partial charge is 0.549 e. The van der Waals surface area contributed by atoms with E-state index in [2.05, 4.69) is 4.74 Å². The summed E-state index contributed by atoms with van der Waals surface area (Å²) in [6.45, 7) is 1.95. The molecule has 0 aliphatic rings. The van der Waals surface area contributed by atoms with Gasteiger partial charge < -0.3 is 9.47 Å². The molecule has 0 saturated heterocycles. The maximum atomic E-state index is 9.96. The number of para-hydroxylation sites is 1. The fourth-order valence-corrected chi connectivity index (χ4v) is 1.10. The molecule has 1 rings (SSSR count). The van der Waals surface area contributed by atoms with Crippen molar-refractivity contribution >= 4 is 6.16 Å².